The summed E-state index contributed by atoms with van der Waals surface area (Å²) < 4.78 is 0. The van der Waals surface area contributed by atoms with Crippen molar-refractivity contribution in [1.82, 2.24) is 5.32 Å². The van der Waals surface area contributed by atoms with Gasteiger partial charge in [-0.1, -0.05) is 31.4 Å². The van der Waals surface area contributed by atoms with Crippen LogP contribution >= 0.6 is 0 Å². The van der Waals surface area contributed by atoms with E-state index in [1.807, 2.05) is 12.3 Å². The molecule has 3 nitrogen and oxygen atoms in total. The maximum atomic E-state index is 5.59. The molecule has 0 saturated heterocycles. The van der Waals surface area contributed by atoms with Crippen molar-refractivity contribution >= 4 is 18.9 Å². The Bertz CT molecular complexity index is 311. The van der Waals surface area contributed by atoms with Crippen molar-refractivity contribution in [2.45, 2.75) is 44.9 Å². The van der Waals surface area contributed by atoms with Crippen molar-refractivity contribution in [2.24, 2.45) is 17.4 Å². The van der Waals surface area contributed by atoms with Crippen molar-refractivity contribution in [2.75, 3.05) is 13.1 Å². The molecule has 0 saturated carbocycles. The van der Waals surface area contributed by atoms with Gasteiger partial charge in [0.15, 0.2) is 0 Å². The molecule has 1 unspecified atom stereocenters. The number of nitrogens with one attached hydrogen (secondary N) is 1. The van der Waals surface area contributed by atoms with E-state index in [0.29, 0.717) is 5.92 Å². The molecule has 0 amide bonds. The molecule has 1 heterocycles. The molecule has 0 aromatic heterocycles. The van der Waals surface area contributed by atoms with Crippen LogP contribution < -0.4 is 16.8 Å². The van der Waals surface area contributed by atoms with E-state index in [0.717, 1.165) is 25.9 Å². The Kier molecular flexibility index (Phi) is 13.2. The molecule has 1 rings (SSSR count). The van der Waals surface area contributed by atoms with Crippen molar-refractivity contribution < 1.29 is 0 Å². The van der Waals surface area contributed by atoms with Crippen LogP contribution in [0.1, 0.15) is 44.9 Å². The monoisotopic (exact) mass is 271 g/mol. The Labute approximate surface area is 136 Å². The van der Waals surface area contributed by atoms with Gasteiger partial charge in [0, 0.05) is 11.9 Å². The summed E-state index contributed by atoms with van der Waals surface area (Å²) in [5.41, 5.74) is 12.5. The Morgan fingerprint density at radius 1 is 0.850 bits per heavy atom. The zero-order valence-corrected chi connectivity index (χ0v) is 12.0. The van der Waals surface area contributed by atoms with Gasteiger partial charge in [-0.05, 0) is 56.8 Å². The minimum atomic E-state index is 0. The Morgan fingerprint density at radius 2 is 1.50 bits per heavy atom. The predicted octanol–water partition coefficient (Wildman–Crippen LogP) is 2.16. The minimum absolute atomic E-state index is 0. The fraction of sp³-hybridized carbons (Fsp3) is 0.625. The fourth-order valence-corrected chi connectivity index (χ4v) is 2.43. The molecule has 4 heteroatoms. The molecule has 0 radical (unpaired) electrons. The van der Waals surface area contributed by atoms with E-state index in [4.69, 9.17) is 11.5 Å². The molecule has 1 aliphatic heterocycles. The second-order valence-corrected chi connectivity index (χ2v) is 5.13. The average Bonchev–Trinajstić information content (AvgIpc) is 2.70. The van der Waals surface area contributed by atoms with Crippen molar-refractivity contribution in [3.63, 3.8) is 0 Å². The molecule has 0 fully saturated rings. The first-order chi connectivity index (χ1) is 9.38. The first kappa shape index (κ1) is 19.5. The first-order valence-corrected chi connectivity index (χ1v) is 7.58. The number of hydrogen-bond donors (Lipinski definition) is 3. The molecule has 0 bridgehead atoms. The average molecular weight is 271 g/mol. The molecule has 1 atom stereocenters. The molecular weight excluding hydrogens is 241 g/mol. The number of unbranched alkanes of at least 4 members (excludes halogenated alkanes) is 3. The van der Waals surface area contributed by atoms with E-state index in [1.165, 1.54) is 37.8 Å². The third-order valence-electron chi connectivity index (χ3n) is 3.55. The van der Waals surface area contributed by atoms with Crippen LogP contribution in [0.25, 0.3) is 0 Å². The fourth-order valence-electron chi connectivity index (χ4n) is 2.43. The van der Waals surface area contributed by atoms with E-state index >= 15 is 0 Å². The number of nitrogens with two attached hydrogens (primary N) is 2. The summed E-state index contributed by atoms with van der Waals surface area (Å²) in [5, 5.41) is 3.41. The van der Waals surface area contributed by atoms with E-state index in [2.05, 4.69) is 23.5 Å². The zero-order valence-electron chi connectivity index (χ0n) is 12.0. The van der Waals surface area contributed by atoms with Gasteiger partial charge in [-0.25, -0.2) is 0 Å². The normalized spacial score (nSPS) is 15.0. The zero-order chi connectivity index (χ0) is 13.8. The van der Waals surface area contributed by atoms with Gasteiger partial charge in [-0.15, -0.1) is 0 Å². The quantitative estimate of drug-likeness (QED) is 0.421. The number of hydrogen-bond acceptors (Lipinski definition) is 3. The van der Waals surface area contributed by atoms with Crippen LogP contribution in [0.15, 0.2) is 36.2 Å². The molecule has 0 aromatic carbocycles. The van der Waals surface area contributed by atoms with Crippen LogP contribution in [-0.2, 0) is 0 Å². The summed E-state index contributed by atoms with van der Waals surface area (Å²) in [6, 6.07) is 0. The van der Waals surface area contributed by atoms with Crippen LogP contribution in [-0.4, -0.2) is 32.0 Å². The van der Waals surface area contributed by atoms with Gasteiger partial charge in [0.05, 0.1) is 0 Å². The van der Waals surface area contributed by atoms with Crippen molar-refractivity contribution in [3.05, 3.63) is 36.2 Å². The van der Waals surface area contributed by atoms with Gasteiger partial charge in [0.25, 0.3) is 0 Å². The molecule has 0 aliphatic carbocycles. The third-order valence-corrected chi connectivity index (χ3v) is 3.55. The SMILES string of the molecule is NCCCCCC(CCCCN)C1=CC=CC=CN1.[LiH]. The molecule has 1 aliphatic rings. The second-order valence-electron chi connectivity index (χ2n) is 5.13. The van der Waals surface area contributed by atoms with Crippen LogP contribution in [0.3, 0.4) is 0 Å². The molecule has 20 heavy (non-hydrogen) atoms. The van der Waals surface area contributed by atoms with Crippen LogP contribution in [0, 0.1) is 5.92 Å². The maximum absolute atomic E-state index is 5.59. The van der Waals surface area contributed by atoms with Gasteiger partial charge in [-0.3, -0.25) is 0 Å². The molecule has 0 spiro atoms. The van der Waals surface area contributed by atoms with Gasteiger partial charge in [-0.2, -0.15) is 0 Å². The molecule has 110 valence electrons. The Hall–Kier alpha value is -0.463. The number of rotatable bonds is 10. The summed E-state index contributed by atoms with van der Waals surface area (Å²) >= 11 is 0. The van der Waals surface area contributed by atoms with Crippen LogP contribution in [0.4, 0.5) is 0 Å². The van der Waals surface area contributed by atoms with Gasteiger partial charge in [0.1, 0.15) is 0 Å². The van der Waals surface area contributed by atoms with E-state index in [9.17, 15) is 0 Å². The summed E-state index contributed by atoms with van der Waals surface area (Å²) in [7, 11) is 0. The van der Waals surface area contributed by atoms with E-state index < -0.39 is 0 Å². The summed E-state index contributed by atoms with van der Waals surface area (Å²) in [6.45, 7) is 1.61. The standard InChI is InChI=1S/C16H29N3.Li.H/c17-12-6-1-3-9-15(10-5-7-13-18)16-11-4-2-8-14-19-16;;/h2,4,8,11,14-15,19H,1,3,5-7,9-10,12-13,17-18H2;;. The number of allylic oxidation sites excluding steroid dienone is 5. The Balaban J connectivity index is 0.00000361. The topological polar surface area (TPSA) is 64.1 Å². The van der Waals surface area contributed by atoms with Gasteiger partial charge >= 0.3 is 18.9 Å². The van der Waals surface area contributed by atoms with Crippen molar-refractivity contribution in [3.8, 4) is 0 Å². The first-order valence-electron chi connectivity index (χ1n) is 7.58. The molecule has 0 aromatic rings. The van der Waals surface area contributed by atoms with Gasteiger partial charge in [0.2, 0.25) is 0 Å². The predicted molar refractivity (Wildman–Crippen MR) is 90.6 cm³/mol. The second kappa shape index (κ2) is 13.5. The Morgan fingerprint density at radius 3 is 2.20 bits per heavy atom. The summed E-state index contributed by atoms with van der Waals surface area (Å²) in [4.78, 5) is 0. The summed E-state index contributed by atoms with van der Waals surface area (Å²) in [6.07, 6.45) is 18.9. The van der Waals surface area contributed by atoms with Crippen LogP contribution in [0.2, 0.25) is 0 Å². The summed E-state index contributed by atoms with van der Waals surface area (Å²) in [5.74, 6) is 0.622. The van der Waals surface area contributed by atoms with E-state index in [1.54, 1.807) is 0 Å². The third kappa shape index (κ3) is 8.66. The van der Waals surface area contributed by atoms with E-state index in [-0.39, 0.29) is 18.9 Å². The van der Waals surface area contributed by atoms with Crippen molar-refractivity contribution in [1.29, 1.82) is 0 Å². The van der Waals surface area contributed by atoms with Gasteiger partial charge < -0.3 is 16.8 Å². The molecular formula is C16H30LiN3. The molecule has 5 N–H and O–H groups in total. The van der Waals surface area contributed by atoms with Crippen LogP contribution in [0.5, 0.6) is 0 Å².